The van der Waals surface area contributed by atoms with Gasteiger partial charge in [-0.1, -0.05) is 17.8 Å². The zero-order chi connectivity index (χ0) is 16.5. The Kier molecular flexibility index (Phi) is 7.31. The van der Waals surface area contributed by atoms with Crippen LogP contribution in [0.1, 0.15) is 10.7 Å². The molecule has 0 aliphatic rings. The second-order valence-corrected chi connectivity index (χ2v) is 6.73. The van der Waals surface area contributed by atoms with E-state index in [1.54, 1.807) is 36.3 Å². The van der Waals surface area contributed by atoms with E-state index in [-0.39, 0.29) is 5.91 Å². The van der Waals surface area contributed by atoms with Crippen LogP contribution < -0.4 is 5.32 Å². The van der Waals surface area contributed by atoms with Crippen LogP contribution in [0, 0.1) is 0 Å². The number of aromatic nitrogens is 3. The molecule has 0 aliphatic carbocycles. The number of methoxy groups -OCH3 is 1. The fourth-order valence-corrected chi connectivity index (χ4v) is 3.25. The summed E-state index contributed by atoms with van der Waals surface area (Å²) in [5.74, 6) is 1.59. The smallest absolute Gasteiger partial charge is 0.244 e. The lowest BCUT2D eigenvalue weighted by Crippen LogP contribution is -2.24. The molecule has 8 heteroatoms. The van der Waals surface area contributed by atoms with Crippen molar-refractivity contribution < 1.29 is 9.53 Å². The summed E-state index contributed by atoms with van der Waals surface area (Å²) >= 11 is 3.20. The van der Waals surface area contributed by atoms with Crippen LogP contribution in [-0.4, -0.2) is 46.7 Å². The van der Waals surface area contributed by atoms with E-state index in [4.69, 9.17) is 4.74 Å². The van der Waals surface area contributed by atoms with Gasteiger partial charge in [0.25, 0.3) is 0 Å². The highest BCUT2D eigenvalue weighted by Crippen LogP contribution is 2.15. The number of hydrogen-bond donors (Lipinski definition) is 1. The molecule has 2 rings (SSSR count). The molecule has 0 bridgehead atoms. The van der Waals surface area contributed by atoms with E-state index in [2.05, 4.69) is 15.5 Å². The molecule has 0 radical (unpaired) electrons. The second-order valence-electron chi connectivity index (χ2n) is 4.69. The minimum atomic E-state index is -0.102. The summed E-state index contributed by atoms with van der Waals surface area (Å²) in [4.78, 5) is 12.8. The Labute approximate surface area is 143 Å². The fraction of sp³-hybridized carbons (Fsp3) is 0.400. The number of ether oxygens (including phenoxy) is 1. The van der Waals surface area contributed by atoms with Crippen molar-refractivity contribution >= 4 is 35.1 Å². The summed E-state index contributed by atoms with van der Waals surface area (Å²) < 4.78 is 6.97. The van der Waals surface area contributed by atoms with E-state index >= 15 is 0 Å². The van der Waals surface area contributed by atoms with Crippen molar-refractivity contribution in [2.75, 3.05) is 26.0 Å². The monoisotopic (exact) mass is 352 g/mol. The third-order valence-corrected chi connectivity index (χ3v) is 4.86. The molecule has 6 nitrogen and oxygen atoms in total. The first-order valence-corrected chi connectivity index (χ1v) is 9.06. The number of thioether (sulfide) groups is 1. The van der Waals surface area contributed by atoms with E-state index in [9.17, 15) is 4.79 Å². The Hall–Kier alpha value is -1.64. The second kappa shape index (κ2) is 9.49. The topological polar surface area (TPSA) is 69.0 Å². The summed E-state index contributed by atoms with van der Waals surface area (Å²) in [5, 5.41) is 14.0. The Morgan fingerprint density at radius 2 is 2.39 bits per heavy atom. The predicted molar refractivity (Wildman–Crippen MR) is 93.7 cm³/mol. The first-order valence-electron chi connectivity index (χ1n) is 7.20. The number of nitrogens with one attached hydrogen (secondary N) is 1. The molecule has 0 aliphatic heterocycles. The lowest BCUT2D eigenvalue weighted by Gasteiger charge is -2.04. The van der Waals surface area contributed by atoms with Gasteiger partial charge >= 0.3 is 0 Å². The molecule has 0 aromatic carbocycles. The van der Waals surface area contributed by atoms with E-state index in [1.807, 2.05) is 35.2 Å². The number of hydrogen-bond acceptors (Lipinski definition) is 6. The molecule has 0 spiro atoms. The van der Waals surface area contributed by atoms with Gasteiger partial charge in [0.15, 0.2) is 5.16 Å². The summed E-state index contributed by atoms with van der Waals surface area (Å²) in [6.07, 6.45) is 4.01. The largest absolute Gasteiger partial charge is 0.384 e. The van der Waals surface area contributed by atoms with Gasteiger partial charge in [-0.25, -0.2) is 0 Å². The van der Waals surface area contributed by atoms with Crippen molar-refractivity contribution in [1.82, 2.24) is 20.1 Å². The summed E-state index contributed by atoms with van der Waals surface area (Å²) in [6.45, 7) is 1.21. The first-order chi connectivity index (χ1) is 11.2. The van der Waals surface area contributed by atoms with Crippen molar-refractivity contribution in [3.8, 4) is 0 Å². The van der Waals surface area contributed by atoms with Crippen molar-refractivity contribution in [3.05, 3.63) is 34.3 Å². The molecule has 2 heterocycles. The summed E-state index contributed by atoms with van der Waals surface area (Å²) in [5.41, 5.74) is 0. The molecule has 0 saturated heterocycles. The molecular weight excluding hydrogens is 332 g/mol. The summed E-state index contributed by atoms with van der Waals surface area (Å²) in [7, 11) is 3.61. The zero-order valence-corrected chi connectivity index (χ0v) is 14.8. The molecule has 0 unspecified atom stereocenters. The number of amides is 1. The minimum absolute atomic E-state index is 0.102. The van der Waals surface area contributed by atoms with Crippen molar-refractivity contribution in [2.45, 2.75) is 11.6 Å². The lowest BCUT2D eigenvalue weighted by atomic mass is 10.3. The van der Waals surface area contributed by atoms with Crippen LogP contribution in [0.15, 0.2) is 28.7 Å². The Bertz CT molecular complexity index is 638. The van der Waals surface area contributed by atoms with Crippen LogP contribution in [0.4, 0.5) is 0 Å². The van der Waals surface area contributed by atoms with Gasteiger partial charge in [-0.05, 0) is 17.5 Å². The van der Waals surface area contributed by atoms with E-state index < -0.39 is 0 Å². The molecular formula is C15H20N4O2S2. The fourth-order valence-electron chi connectivity index (χ4n) is 1.81. The number of thiophene rings is 1. The molecule has 124 valence electrons. The van der Waals surface area contributed by atoms with Crippen LogP contribution in [0.2, 0.25) is 0 Å². The standard InChI is InChI=1S/C15H20N4O2S2/c1-19-13(17-18-15(19)23-11-9-21-2)7-8-16-14(20)6-5-12-4-3-10-22-12/h3-6,10H,7-9,11H2,1-2H3,(H,16,20). The molecule has 1 N–H and O–H groups in total. The van der Waals surface area contributed by atoms with Crippen LogP contribution in [-0.2, 0) is 23.0 Å². The Morgan fingerprint density at radius 3 is 3.13 bits per heavy atom. The van der Waals surface area contributed by atoms with E-state index in [0.29, 0.717) is 19.6 Å². The molecule has 0 saturated carbocycles. The molecule has 1 amide bonds. The van der Waals surface area contributed by atoms with Crippen LogP contribution >= 0.6 is 23.1 Å². The molecule has 0 atom stereocenters. The highest BCUT2D eigenvalue weighted by Gasteiger charge is 2.09. The minimum Gasteiger partial charge on any atom is -0.384 e. The Morgan fingerprint density at radius 1 is 1.52 bits per heavy atom. The highest BCUT2D eigenvalue weighted by molar-refractivity contribution is 7.99. The van der Waals surface area contributed by atoms with Gasteiger partial charge in [-0.2, -0.15) is 0 Å². The van der Waals surface area contributed by atoms with Gasteiger partial charge in [-0.15, -0.1) is 21.5 Å². The molecule has 23 heavy (non-hydrogen) atoms. The number of carbonyl (C=O) groups is 1. The first kappa shape index (κ1) is 17.7. The average molecular weight is 352 g/mol. The number of nitrogens with zero attached hydrogens (tertiary/aromatic N) is 3. The van der Waals surface area contributed by atoms with Crippen LogP contribution in [0.3, 0.4) is 0 Å². The van der Waals surface area contributed by atoms with E-state index in [0.717, 1.165) is 21.6 Å². The van der Waals surface area contributed by atoms with Gasteiger partial charge in [-0.3, -0.25) is 4.79 Å². The number of carbonyl (C=O) groups excluding carboxylic acids is 1. The maximum atomic E-state index is 11.7. The average Bonchev–Trinajstić information content (AvgIpc) is 3.17. The highest BCUT2D eigenvalue weighted by atomic mass is 32.2. The Balaban J connectivity index is 1.74. The van der Waals surface area contributed by atoms with Gasteiger partial charge in [0.1, 0.15) is 5.82 Å². The third kappa shape index (κ3) is 5.81. The summed E-state index contributed by atoms with van der Waals surface area (Å²) in [6, 6.07) is 3.93. The van der Waals surface area contributed by atoms with Gasteiger partial charge in [0, 0.05) is 43.8 Å². The van der Waals surface area contributed by atoms with Crippen LogP contribution in [0.25, 0.3) is 6.08 Å². The lowest BCUT2D eigenvalue weighted by molar-refractivity contribution is -0.116. The molecule has 2 aromatic heterocycles. The molecule has 2 aromatic rings. The zero-order valence-electron chi connectivity index (χ0n) is 13.2. The SMILES string of the molecule is COCCSc1nnc(CCNC(=O)C=Cc2cccs2)n1C. The predicted octanol–water partition coefficient (Wildman–Crippen LogP) is 1.99. The van der Waals surface area contributed by atoms with Crippen molar-refractivity contribution in [2.24, 2.45) is 7.05 Å². The van der Waals surface area contributed by atoms with E-state index in [1.165, 1.54) is 0 Å². The molecule has 0 fully saturated rings. The van der Waals surface area contributed by atoms with Crippen molar-refractivity contribution in [3.63, 3.8) is 0 Å². The maximum absolute atomic E-state index is 11.7. The maximum Gasteiger partial charge on any atom is 0.244 e. The third-order valence-electron chi connectivity index (χ3n) is 3.03. The van der Waals surface area contributed by atoms with Gasteiger partial charge in [0.05, 0.1) is 6.61 Å². The van der Waals surface area contributed by atoms with Gasteiger partial charge < -0.3 is 14.6 Å². The van der Waals surface area contributed by atoms with Gasteiger partial charge in [0.2, 0.25) is 5.91 Å². The quantitative estimate of drug-likeness (QED) is 0.425. The van der Waals surface area contributed by atoms with Crippen LogP contribution in [0.5, 0.6) is 0 Å². The number of rotatable bonds is 9. The normalized spacial score (nSPS) is 11.2. The van der Waals surface area contributed by atoms with Crippen molar-refractivity contribution in [1.29, 1.82) is 0 Å².